The Morgan fingerprint density at radius 2 is 1.96 bits per heavy atom. The Bertz CT molecular complexity index is 816. The minimum absolute atomic E-state index is 0.114. The molecule has 1 aromatic heterocycles. The van der Waals surface area contributed by atoms with Gasteiger partial charge in [-0.3, -0.25) is 4.79 Å². The average molecular weight is 342 g/mol. The quantitative estimate of drug-likeness (QED) is 0.672. The van der Waals surface area contributed by atoms with Gasteiger partial charge in [-0.15, -0.1) is 0 Å². The molecule has 23 heavy (non-hydrogen) atoms. The lowest BCUT2D eigenvalue weighted by Crippen LogP contribution is -2.17. The van der Waals surface area contributed by atoms with Crippen LogP contribution in [0.3, 0.4) is 0 Å². The van der Waals surface area contributed by atoms with Crippen LogP contribution in [0.2, 0.25) is 0 Å². The molecule has 0 bridgehead atoms. The topological polar surface area (TPSA) is 34.0 Å². The van der Waals surface area contributed by atoms with E-state index in [1.165, 1.54) is 17.3 Å². The second kappa shape index (κ2) is 6.34. The van der Waals surface area contributed by atoms with Crippen molar-refractivity contribution < 1.29 is 4.79 Å². The summed E-state index contributed by atoms with van der Waals surface area (Å²) in [5, 5.41) is 2.65. The summed E-state index contributed by atoms with van der Waals surface area (Å²) in [6.45, 7) is 6.30. The third-order valence-electron chi connectivity index (χ3n) is 4.00. The number of thioether (sulfide) groups is 1. The molecule has 1 aromatic carbocycles. The number of benzene rings is 1. The van der Waals surface area contributed by atoms with Crippen molar-refractivity contribution >= 4 is 40.3 Å². The third-order valence-corrected chi connectivity index (χ3v) is 5.16. The van der Waals surface area contributed by atoms with Gasteiger partial charge in [-0.1, -0.05) is 43.0 Å². The number of nitrogens with one attached hydrogen (secondary N) is 1. The number of rotatable bonds is 3. The Morgan fingerprint density at radius 3 is 2.52 bits per heavy atom. The molecule has 1 N–H and O–H groups in total. The van der Waals surface area contributed by atoms with Crippen LogP contribution in [-0.2, 0) is 11.2 Å². The van der Waals surface area contributed by atoms with Crippen LogP contribution in [0.4, 0.5) is 0 Å². The summed E-state index contributed by atoms with van der Waals surface area (Å²) in [7, 11) is 0. The lowest BCUT2D eigenvalue weighted by atomic mass is 10.1. The van der Waals surface area contributed by atoms with Crippen molar-refractivity contribution in [3.8, 4) is 5.69 Å². The van der Waals surface area contributed by atoms with Gasteiger partial charge in [0.05, 0.1) is 4.91 Å². The van der Waals surface area contributed by atoms with Gasteiger partial charge in [-0.2, -0.15) is 0 Å². The molecule has 3 rings (SSSR count). The van der Waals surface area contributed by atoms with Crippen LogP contribution in [0.25, 0.3) is 11.8 Å². The van der Waals surface area contributed by atoms with Gasteiger partial charge in [0.25, 0.3) is 5.91 Å². The fourth-order valence-electron chi connectivity index (χ4n) is 2.77. The molecule has 0 saturated carbocycles. The fourth-order valence-corrected chi connectivity index (χ4v) is 3.81. The van der Waals surface area contributed by atoms with Crippen LogP contribution < -0.4 is 5.32 Å². The molecule has 1 aliphatic rings. The van der Waals surface area contributed by atoms with Gasteiger partial charge in [0.2, 0.25) is 0 Å². The monoisotopic (exact) mass is 342 g/mol. The Balaban J connectivity index is 2.01. The molecule has 0 atom stereocenters. The zero-order valence-corrected chi connectivity index (χ0v) is 15.0. The van der Waals surface area contributed by atoms with Crippen LogP contribution in [0.1, 0.15) is 29.4 Å². The number of aromatic nitrogens is 1. The molecule has 3 nitrogen and oxygen atoms in total. The van der Waals surface area contributed by atoms with Gasteiger partial charge in [0.15, 0.2) is 0 Å². The van der Waals surface area contributed by atoms with E-state index >= 15 is 0 Å². The number of amides is 1. The first-order valence-electron chi connectivity index (χ1n) is 7.52. The highest BCUT2D eigenvalue weighted by molar-refractivity contribution is 8.26. The number of carbonyl (C=O) groups excluding carboxylic acids is 1. The van der Waals surface area contributed by atoms with Crippen LogP contribution in [-0.4, -0.2) is 14.8 Å². The number of hydrogen-bond donors (Lipinski definition) is 1. The van der Waals surface area contributed by atoms with E-state index in [4.69, 9.17) is 12.2 Å². The van der Waals surface area contributed by atoms with Crippen molar-refractivity contribution in [1.29, 1.82) is 0 Å². The first-order valence-corrected chi connectivity index (χ1v) is 8.75. The van der Waals surface area contributed by atoms with Crippen molar-refractivity contribution in [2.24, 2.45) is 0 Å². The first kappa shape index (κ1) is 16.0. The van der Waals surface area contributed by atoms with Gasteiger partial charge < -0.3 is 9.88 Å². The Kier molecular flexibility index (Phi) is 4.41. The summed E-state index contributed by atoms with van der Waals surface area (Å²) in [5.41, 5.74) is 5.77. The van der Waals surface area contributed by atoms with Crippen LogP contribution >= 0.6 is 24.0 Å². The summed E-state index contributed by atoms with van der Waals surface area (Å²) in [4.78, 5) is 12.5. The highest BCUT2D eigenvalue weighted by atomic mass is 32.2. The Hall–Kier alpha value is -1.85. The van der Waals surface area contributed by atoms with E-state index in [9.17, 15) is 4.79 Å². The van der Waals surface area contributed by atoms with Gasteiger partial charge in [-0.25, -0.2) is 0 Å². The molecule has 0 radical (unpaired) electrons. The standard InChI is InChI=1S/C18H18N2OS2/c1-4-13-5-7-15(8-6-13)20-11(2)9-14(12(20)3)10-16-17(21)19-18(22)23-16/h5-10H,4H2,1-3H3,(H,19,21,22)/b16-10+. The molecule has 0 unspecified atom stereocenters. The first-order chi connectivity index (χ1) is 11.0. The van der Waals surface area contributed by atoms with Crippen molar-refractivity contribution in [3.63, 3.8) is 0 Å². The number of aryl methyl sites for hydroxylation is 2. The van der Waals surface area contributed by atoms with Crippen LogP contribution in [0.5, 0.6) is 0 Å². The minimum atomic E-state index is -0.114. The summed E-state index contributed by atoms with van der Waals surface area (Å²) in [6, 6.07) is 10.7. The molecule has 0 aliphatic carbocycles. The van der Waals surface area contributed by atoms with Crippen molar-refractivity contribution in [2.45, 2.75) is 27.2 Å². The maximum atomic E-state index is 11.8. The molecule has 1 saturated heterocycles. The maximum Gasteiger partial charge on any atom is 0.263 e. The molecule has 0 spiro atoms. The molecular weight excluding hydrogens is 324 g/mol. The minimum Gasteiger partial charge on any atom is -0.318 e. The third kappa shape index (κ3) is 3.12. The second-order valence-corrected chi connectivity index (χ2v) is 7.25. The highest BCUT2D eigenvalue weighted by Gasteiger charge is 2.22. The summed E-state index contributed by atoms with van der Waals surface area (Å²) in [5.74, 6) is -0.114. The normalized spacial score (nSPS) is 16.2. The number of carbonyl (C=O) groups is 1. The molecule has 1 fully saturated rings. The van der Waals surface area contributed by atoms with E-state index in [-0.39, 0.29) is 5.91 Å². The summed E-state index contributed by atoms with van der Waals surface area (Å²) < 4.78 is 2.73. The summed E-state index contributed by atoms with van der Waals surface area (Å²) >= 11 is 6.35. The lowest BCUT2D eigenvalue weighted by molar-refractivity contribution is -0.115. The number of nitrogens with zero attached hydrogens (tertiary/aromatic N) is 1. The van der Waals surface area contributed by atoms with E-state index in [0.29, 0.717) is 9.23 Å². The molecule has 2 aromatic rings. The van der Waals surface area contributed by atoms with Gasteiger partial charge >= 0.3 is 0 Å². The molecule has 1 aliphatic heterocycles. The SMILES string of the molecule is CCc1ccc(-n2c(C)cc(/C=C3/SC(=S)NC3=O)c2C)cc1. The smallest absolute Gasteiger partial charge is 0.263 e. The predicted molar refractivity (Wildman–Crippen MR) is 101 cm³/mol. The second-order valence-electron chi connectivity index (χ2n) is 5.53. The number of hydrogen-bond acceptors (Lipinski definition) is 3. The Labute approximate surface area is 145 Å². The lowest BCUT2D eigenvalue weighted by Gasteiger charge is -2.10. The van der Waals surface area contributed by atoms with Crippen molar-refractivity contribution in [2.75, 3.05) is 0 Å². The van der Waals surface area contributed by atoms with Crippen molar-refractivity contribution in [3.05, 3.63) is 57.8 Å². The largest absolute Gasteiger partial charge is 0.318 e. The van der Waals surface area contributed by atoms with E-state index in [2.05, 4.69) is 61.0 Å². The molecule has 118 valence electrons. The molecule has 1 amide bonds. The molecular formula is C18H18N2OS2. The van der Waals surface area contributed by atoms with E-state index < -0.39 is 0 Å². The predicted octanol–water partition coefficient (Wildman–Crippen LogP) is 4.15. The van der Waals surface area contributed by atoms with Gasteiger partial charge in [0.1, 0.15) is 4.32 Å². The Morgan fingerprint density at radius 1 is 1.26 bits per heavy atom. The van der Waals surface area contributed by atoms with E-state index in [0.717, 1.165) is 29.1 Å². The zero-order chi connectivity index (χ0) is 16.6. The van der Waals surface area contributed by atoms with Crippen LogP contribution in [0, 0.1) is 13.8 Å². The summed E-state index contributed by atoms with van der Waals surface area (Å²) in [6.07, 6.45) is 2.95. The van der Waals surface area contributed by atoms with Gasteiger partial charge in [0, 0.05) is 17.1 Å². The fraction of sp³-hybridized carbons (Fsp3) is 0.222. The number of thiocarbonyl (C=S) groups is 1. The molecule has 2 heterocycles. The zero-order valence-electron chi connectivity index (χ0n) is 13.3. The van der Waals surface area contributed by atoms with E-state index in [1.807, 2.05) is 6.08 Å². The highest BCUT2D eigenvalue weighted by Crippen LogP contribution is 2.29. The molecule has 5 heteroatoms. The van der Waals surface area contributed by atoms with Crippen LogP contribution in [0.15, 0.2) is 35.2 Å². The maximum absolute atomic E-state index is 11.8. The van der Waals surface area contributed by atoms with Gasteiger partial charge in [-0.05, 0) is 55.7 Å². The van der Waals surface area contributed by atoms with Crippen molar-refractivity contribution in [1.82, 2.24) is 9.88 Å². The van der Waals surface area contributed by atoms with E-state index in [1.54, 1.807) is 0 Å². The average Bonchev–Trinajstić information content (AvgIpc) is 2.99.